The minimum atomic E-state index is -0.361. The van der Waals surface area contributed by atoms with Crippen LogP contribution >= 0.6 is 0 Å². The summed E-state index contributed by atoms with van der Waals surface area (Å²) in [5, 5.41) is 6.49. The van der Waals surface area contributed by atoms with E-state index in [9.17, 15) is 4.79 Å². The molecule has 2 aliphatic heterocycles. The highest BCUT2D eigenvalue weighted by atomic mass is 16.6. The molecule has 1 saturated heterocycles. The Morgan fingerprint density at radius 2 is 2.00 bits per heavy atom. The quantitative estimate of drug-likeness (QED) is 0.732. The zero-order valence-corrected chi connectivity index (χ0v) is 14.9. The second-order valence-electron chi connectivity index (χ2n) is 6.42. The predicted octanol–water partition coefficient (Wildman–Crippen LogP) is -0.533. The molecule has 1 fully saturated rings. The van der Waals surface area contributed by atoms with Gasteiger partial charge in [0.15, 0.2) is 0 Å². The van der Waals surface area contributed by atoms with Crippen LogP contribution in [0.4, 0.5) is 4.79 Å². The van der Waals surface area contributed by atoms with Crippen LogP contribution in [-0.2, 0) is 13.0 Å². The maximum atomic E-state index is 12.4. The fraction of sp³-hybridized carbons (Fsp3) is 0.688. The number of hydrogen-bond acceptors (Lipinski definition) is 8. The van der Waals surface area contributed by atoms with Crippen molar-refractivity contribution in [2.24, 2.45) is 0 Å². The summed E-state index contributed by atoms with van der Waals surface area (Å²) in [5.41, 5.74) is 1.73. The van der Waals surface area contributed by atoms with Crippen molar-refractivity contribution in [1.29, 1.82) is 0 Å². The van der Waals surface area contributed by atoms with Gasteiger partial charge < -0.3 is 29.9 Å². The Morgan fingerprint density at radius 3 is 2.76 bits per heavy atom. The molecule has 1 aromatic heterocycles. The summed E-state index contributed by atoms with van der Waals surface area (Å²) in [6, 6.07) is 0.257. The summed E-state index contributed by atoms with van der Waals surface area (Å²) in [7, 11) is 3.95. The molecule has 0 atom stereocenters. The third-order valence-electron chi connectivity index (χ3n) is 4.21. The Morgan fingerprint density at radius 1 is 1.20 bits per heavy atom. The first kappa shape index (κ1) is 17.8. The average Bonchev–Trinajstić information content (AvgIpc) is 2.62. The van der Waals surface area contributed by atoms with Crippen molar-refractivity contribution in [3.63, 3.8) is 0 Å². The fourth-order valence-corrected chi connectivity index (χ4v) is 2.77. The average molecular weight is 350 g/mol. The third kappa shape index (κ3) is 4.77. The van der Waals surface area contributed by atoms with Crippen molar-refractivity contribution < 1.29 is 14.3 Å². The van der Waals surface area contributed by atoms with Crippen LogP contribution in [0.25, 0.3) is 0 Å². The Bertz CT molecular complexity index is 604. The minimum Gasteiger partial charge on any atom is -0.462 e. The molecule has 2 aliphatic rings. The van der Waals surface area contributed by atoms with Crippen LogP contribution in [-0.4, -0.2) is 85.8 Å². The standard InChI is InChI=1S/C16H26N6O3/c1-21(2)9-10-24-15-19-13-11-18-4-3-12(13)14(20-15)25-16(23)22-7-5-17-6-8-22/h17-18H,3-11H2,1-2H3. The lowest BCUT2D eigenvalue weighted by molar-refractivity contribution is 0.142. The lowest BCUT2D eigenvalue weighted by Crippen LogP contribution is -2.47. The zero-order valence-electron chi connectivity index (χ0n) is 14.9. The number of carbonyl (C=O) groups is 1. The maximum absolute atomic E-state index is 12.4. The lowest BCUT2D eigenvalue weighted by Gasteiger charge is -2.27. The van der Waals surface area contributed by atoms with Gasteiger partial charge in [0.25, 0.3) is 0 Å². The molecule has 0 aromatic carbocycles. The summed E-state index contributed by atoms with van der Waals surface area (Å²) in [6.07, 6.45) is 0.373. The number of piperazine rings is 1. The van der Waals surface area contributed by atoms with E-state index in [0.29, 0.717) is 32.1 Å². The van der Waals surface area contributed by atoms with Gasteiger partial charge in [-0.25, -0.2) is 4.79 Å². The summed E-state index contributed by atoms with van der Waals surface area (Å²) in [4.78, 5) is 24.9. The highest BCUT2D eigenvalue weighted by molar-refractivity contribution is 5.71. The number of carbonyl (C=O) groups excluding carboxylic acids is 1. The number of likely N-dealkylation sites (N-methyl/N-ethyl adjacent to an activating group) is 1. The second-order valence-corrected chi connectivity index (χ2v) is 6.42. The fourth-order valence-electron chi connectivity index (χ4n) is 2.77. The van der Waals surface area contributed by atoms with E-state index in [4.69, 9.17) is 9.47 Å². The molecule has 0 radical (unpaired) electrons. The van der Waals surface area contributed by atoms with Gasteiger partial charge in [0.1, 0.15) is 6.61 Å². The summed E-state index contributed by atoms with van der Waals surface area (Å²) in [5.74, 6) is 0.329. The number of fused-ring (bicyclic) bond motifs is 1. The molecule has 1 aromatic rings. The number of ether oxygens (including phenoxy) is 2. The van der Waals surface area contributed by atoms with Crippen LogP contribution in [0.5, 0.6) is 11.9 Å². The molecule has 9 heteroatoms. The van der Waals surface area contributed by atoms with Gasteiger partial charge in [-0.2, -0.15) is 9.97 Å². The molecule has 2 N–H and O–H groups in total. The summed E-state index contributed by atoms with van der Waals surface area (Å²) >= 11 is 0. The van der Waals surface area contributed by atoms with Crippen molar-refractivity contribution >= 4 is 6.09 Å². The molecule has 0 aliphatic carbocycles. The Kier molecular flexibility index (Phi) is 6.00. The molecule has 0 bridgehead atoms. The van der Waals surface area contributed by atoms with Crippen molar-refractivity contribution in [3.05, 3.63) is 11.3 Å². The molecule has 0 spiro atoms. The maximum Gasteiger partial charge on any atom is 0.416 e. The monoisotopic (exact) mass is 350 g/mol. The number of nitrogens with one attached hydrogen (secondary N) is 2. The van der Waals surface area contributed by atoms with Gasteiger partial charge in [0, 0.05) is 44.8 Å². The van der Waals surface area contributed by atoms with Crippen LogP contribution in [0.15, 0.2) is 0 Å². The minimum absolute atomic E-state index is 0.257. The van der Waals surface area contributed by atoms with Crippen molar-refractivity contribution in [3.8, 4) is 11.9 Å². The van der Waals surface area contributed by atoms with E-state index in [1.54, 1.807) is 4.90 Å². The summed E-state index contributed by atoms with van der Waals surface area (Å²) < 4.78 is 11.3. The van der Waals surface area contributed by atoms with E-state index >= 15 is 0 Å². The highest BCUT2D eigenvalue weighted by Gasteiger charge is 2.24. The first-order valence-corrected chi connectivity index (χ1v) is 8.69. The highest BCUT2D eigenvalue weighted by Crippen LogP contribution is 2.25. The normalized spacial score (nSPS) is 17.3. The van der Waals surface area contributed by atoms with Crippen molar-refractivity contribution in [2.45, 2.75) is 13.0 Å². The number of rotatable bonds is 5. The van der Waals surface area contributed by atoms with Crippen LogP contribution in [0.3, 0.4) is 0 Å². The Hall–Kier alpha value is -1.97. The smallest absolute Gasteiger partial charge is 0.416 e. The van der Waals surface area contributed by atoms with Crippen LogP contribution in [0, 0.1) is 0 Å². The largest absolute Gasteiger partial charge is 0.462 e. The molecule has 9 nitrogen and oxygen atoms in total. The molecule has 138 valence electrons. The van der Waals surface area contributed by atoms with E-state index in [1.165, 1.54) is 0 Å². The number of aromatic nitrogens is 2. The molecular formula is C16H26N6O3. The van der Waals surface area contributed by atoms with Crippen LogP contribution < -0.4 is 20.1 Å². The molecule has 25 heavy (non-hydrogen) atoms. The van der Waals surface area contributed by atoms with Gasteiger partial charge >= 0.3 is 12.1 Å². The van der Waals surface area contributed by atoms with E-state index in [0.717, 1.165) is 43.9 Å². The first-order chi connectivity index (χ1) is 12.1. The molecule has 0 saturated carbocycles. The first-order valence-electron chi connectivity index (χ1n) is 8.69. The van der Waals surface area contributed by atoms with Gasteiger partial charge in [-0.1, -0.05) is 0 Å². The number of hydrogen-bond donors (Lipinski definition) is 2. The van der Waals surface area contributed by atoms with Gasteiger partial charge in [-0.05, 0) is 27.1 Å². The van der Waals surface area contributed by atoms with E-state index in [2.05, 4.69) is 20.6 Å². The topological polar surface area (TPSA) is 91.9 Å². The molecule has 0 unspecified atom stereocenters. The molecular weight excluding hydrogens is 324 g/mol. The molecule has 1 amide bonds. The van der Waals surface area contributed by atoms with Gasteiger partial charge in [0.05, 0.1) is 5.69 Å². The van der Waals surface area contributed by atoms with Gasteiger partial charge in [-0.3, -0.25) is 0 Å². The second kappa shape index (κ2) is 8.41. The Labute approximate surface area is 147 Å². The van der Waals surface area contributed by atoms with Gasteiger partial charge in [0.2, 0.25) is 5.88 Å². The van der Waals surface area contributed by atoms with E-state index in [1.807, 2.05) is 19.0 Å². The van der Waals surface area contributed by atoms with Crippen molar-refractivity contribution in [1.82, 2.24) is 30.4 Å². The van der Waals surface area contributed by atoms with E-state index in [-0.39, 0.29) is 12.1 Å². The van der Waals surface area contributed by atoms with Crippen LogP contribution in [0.1, 0.15) is 11.3 Å². The molecule has 3 heterocycles. The predicted molar refractivity (Wildman–Crippen MR) is 92.0 cm³/mol. The third-order valence-corrected chi connectivity index (χ3v) is 4.21. The summed E-state index contributed by atoms with van der Waals surface area (Å²) in [6.45, 7) is 5.51. The number of amides is 1. The Balaban J connectivity index is 1.74. The lowest BCUT2D eigenvalue weighted by atomic mass is 10.1. The van der Waals surface area contributed by atoms with Crippen molar-refractivity contribution in [2.75, 3.05) is 60.0 Å². The van der Waals surface area contributed by atoms with Gasteiger partial charge in [-0.15, -0.1) is 0 Å². The van der Waals surface area contributed by atoms with E-state index < -0.39 is 0 Å². The van der Waals surface area contributed by atoms with Crippen LogP contribution in [0.2, 0.25) is 0 Å². The SMILES string of the molecule is CN(C)CCOc1nc2c(c(OC(=O)N3CCNCC3)n1)CCNC2. The molecule has 3 rings (SSSR count). The zero-order chi connectivity index (χ0) is 17.6. The number of nitrogens with zero attached hydrogens (tertiary/aromatic N) is 4.